The quantitative estimate of drug-likeness (QED) is 0.193. The van der Waals surface area contributed by atoms with Crippen LogP contribution in [-0.2, 0) is 28.6 Å². The predicted molar refractivity (Wildman–Crippen MR) is 130 cm³/mol. The smallest absolute Gasteiger partial charge is 0.264 e. The average molecular weight is 534 g/mol. The number of anilines is 2. The maximum atomic E-state index is 11.2. The Morgan fingerprint density at radius 3 is 2.21 bits per heavy atom. The van der Waals surface area contributed by atoms with Gasteiger partial charge in [0.15, 0.2) is 11.5 Å². The van der Waals surface area contributed by atoms with Crippen LogP contribution >= 0.6 is 12.4 Å². The van der Waals surface area contributed by atoms with Crippen molar-refractivity contribution in [2.24, 2.45) is 5.10 Å². The zero-order valence-electron chi connectivity index (χ0n) is 18.3. The second-order valence-corrected chi connectivity index (χ2v) is 10.1. The van der Waals surface area contributed by atoms with Crippen LogP contribution in [0.4, 0.5) is 11.5 Å². The molecule has 2 aromatic heterocycles. The van der Waals surface area contributed by atoms with Gasteiger partial charge in [0.1, 0.15) is 11.8 Å². The number of hydrogen-bond acceptors (Lipinski definition) is 12. The highest BCUT2D eigenvalue weighted by Gasteiger charge is 2.11. The molecule has 0 aliphatic rings. The molecule has 16 heteroatoms. The fraction of sp³-hybridized carbons (Fsp3) is 0.333. The molecule has 2 heterocycles. The molecule has 0 radical (unpaired) electrons. The molecule has 2 N–H and O–H groups in total. The number of hydrazone groups is 1. The van der Waals surface area contributed by atoms with Gasteiger partial charge in [0.25, 0.3) is 20.2 Å². The minimum atomic E-state index is -3.59. The molecule has 0 unspecified atom stereocenters. The Labute approximate surface area is 203 Å². The number of imidazole rings is 1. The monoisotopic (exact) mass is 533 g/mol. The third kappa shape index (κ3) is 8.83. The largest absolute Gasteiger partial charge is 0.367 e. The Balaban J connectivity index is 0.00000408. The molecule has 34 heavy (non-hydrogen) atoms. The van der Waals surface area contributed by atoms with Crippen LogP contribution in [0, 0.1) is 0 Å². The Hall–Kier alpha value is -2.85. The van der Waals surface area contributed by atoms with E-state index in [9.17, 15) is 16.8 Å². The van der Waals surface area contributed by atoms with Gasteiger partial charge in [-0.15, -0.1) is 12.4 Å². The summed E-state index contributed by atoms with van der Waals surface area (Å²) in [7, 11) is -7.18. The van der Waals surface area contributed by atoms with Crippen molar-refractivity contribution in [1.82, 2.24) is 19.9 Å². The third-order valence-electron chi connectivity index (χ3n) is 4.18. The van der Waals surface area contributed by atoms with Crippen LogP contribution in [-0.4, -0.2) is 81.8 Å². The zero-order valence-corrected chi connectivity index (χ0v) is 20.7. The van der Waals surface area contributed by atoms with E-state index in [-0.39, 0.29) is 38.7 Å². The molecule has 0 saturated carbocycles. The third-order valence-corrected chi connectivity index (χ3v) is 5.37. The van der Waals surface area contributed by atoms with Gasteiger partial charge < -0.3 is 9.88 Å². The minimum absolute atomic E-state index is 0. The number of benzene rings is 1. The van der Waals surface area contributed by atoms with Crippen molar-refractivity contribution in [3.8, 4) is 0 Å². The van der Waals surface area contributed by atoms with Crippen molar-refractivity contribution in [1.29, 1.82) is 0 Å². The first-order valence-electron chi connectivity index (χ1n) is 9.58. The number of H-pyrrole nitrogens is 1. The van der Waals surface area contributed by atoms with Gasteiger partial charge in [-0.05, 0) is 17.7 Å². The molecule has 1 aromatic carbocycles. The molecular weight excluding hydrogens is 510 g/mol. The normalized spacial score (nSPS) is 12.1. The molecule has 13 nitrogen and oxygen atoms in total. The van der Waals surface area contributed by atoms with Crippen LogP contribution < -0.4 is 10.3 Å². The van der Waals surface area contributed by atoms with Gasteiger partial charge in [0.2, 0.25) is 0 Å². The van der Waals surface area contributed by atoms with Gasteiger partial charge in [-0.1, -0.05) is 12.1 Å². The molecular formula is C18H24ClN7O6S2. The molecule has 0 atom stereocenters. The van der Waals surface area contributed by atoms with E-state index in [0.717, 1.165) is 23.8 Å². The number of aromatic nitrogens is 4. The Morgan fingerprint density at radius 1 is 1.00 bits per heavy atom. The summed E-state index contributed by atoms with van der Waals surface area (Å²) < 4.78 is 54.5. The number of nitrogens with one attached hydrogen (secondary N) is 2. The lowest BCUT2D eigenvalue weighted by Crippen LogP contribution is -2.32. The summed E-state index contributed by atoms with van der Waals surface area (Å²) in [6, 6.07) is 7.18. The van der Waals surface area contributed by atoms with Crippen molar-refractivity contribution in [2.75, 3.05) is 49.1 Å². The van der Waals surface area contributed by atoms with Gasteiger partial charge in [-0.3, -0.25) is 13.8 Å². The van der Waals surface area contributed by atoms with Crippen LogP contribution in [0.5, 0.6) is 0 Å². The van der Waals surface area contributed by atoms with Crippen LogP contribution in [0.2, 0.25) is 0 Å². The Bertz CT molecular complexity index is 1280. The summed E-state index contributed by atoms with van der Waals surface area (Å²) in [5.74, 6) is 0.480. The van der Waals surface area contributed by atoms with Crippen LogP contribution in [0.3, 0.4) is 0 Å². The average Bonchev–Trinajstić information content (AvgIpc) is 3.21. The van der Waals surface area contributed by atoms with Crippen molar-refractivity contribution in [3.05, 3.63) is 42.5 Å². The van der Waals surface area contributed by atoms with Crippen LogP contribution in [0.15, 0.2) is 42.0 Å². The number of halogens is 1. The van der Waals surface area contributed by atoms with Crippen molar-refractivity contribution < 1.29 is 25.2 Å². The highest BCUT2D eigenvalue weighted by atomic mass is 35.5. The van der Waals surface area contributed by atoms with Gasteiger partial charge in [-0.2, -0.15) is 21.9 Å². The molecule has 0 aliphatic carbocycles. The van der Waals surface area contributed by atoms with Crippen molar-refractivity contribution in [2.45, 2.75) is 0 Å². The second-order valence-electron chi connectivity index (χ2n) is 6.82. The molecule has 0 aliphatic heterocycles. The van der Waals surface area contributed by atoms with E-state index < -0.39 is 20.2 Å². The summed E-state index contributed by atoms with van der Waals surface area (Å²) in [5, 5.41) is 4.17. The Kier molecular flexibility index (Phi) is 9.69. The van der Waals surface area contributed by atoms with Gasteiger partial charge >= 0.3 is 0 Å². The summed E-state index contributed by atoms with van der Waals surface area (Å²) in [6.45, 7) is 0.240. The summed E-state index contributed by atoms with van der Waals surface area (Å²) in [6.07, 6.45) is 6.42. The van der Waals surface area contributed by atoms with E-state index >= 15 is 0 Å². The minimum Gasteiger partial charge on any atom is -0.367 e. The number of aromatic amines is 1. The maximum absolute atomic E-state index is 11.2. The second kappa shape index (κ2) is 12.0. The number of rotatable bonds is 12. The first-order valence-corrected chi connectivity index (χ1v) is 13.2. The van der Waals surface area contributed by atoms with Crippen molar-refractivity contribution >= 4 is 61.5 Å². The lowest BCUT2D eigenvalue weighted by molar-refractivity contribution is 0.309. The van der Waals surface area contributed by atoms with E-state index in [0.29, 0.717) is 17.0 Å². The fourth-order valence-corrected chi connectivity index (χ4v) is 3.51. The molecule has 0 fully saturated rings. The molecule has 3 rings (SSSR count). The number of fused-ring (bicyclic) bond motifs is 1. The van der Waals surface area contributed by atoms with Gasteiger partial charge in [0, 0.05) is 18.8 Å². The zero-order chi connectivity index (χ0) is 23.9. The van der Waals surface area contributed by atoms with E-state index in [1.54, 1.807) is 35.4 Å². The highest BCUT2D eigenvalue weighted by Crippen LogP contribution is 2.16. The lowest BCUT2D eigenvalue weighted by atomic mass is 10.2. The molecule has 0 spiro atoms. The maximum Gasteiger partial charge on any atom is 0.264 e. The van der Waals surface area contributed by atoms with E-state index in [2.05, 4.69) is 30.5 Å². The number of hydrogen-bond donors (Lipinski definition) is 2. The molecule has 186 valence electrons. The molecule has 0 saturated heterocycles. The van der Waals surface area contributed by atoms with E-state index in [1.807, 2.05) is 0 Å². The van der Waals surface area contributed by atoms with Crippen LogP contribution in [0.1, 0.15) is 5.56 Å². The van der Waals surface area contributed by atoms with Crippen LogP contribution in [0.25, 0.3) is 11.2 Å². The topological polar surface area (TPSA) is 169 Å². The lowest BCUT2D eigenvalue weighted by Gasteiger charge is -2.24. The molecule has 0 amide bonds. The summed E-state index contributed by atoms with van der Waals surface area (Å²) in [5.41, 5.74) is 5.49. The fourth-order valence-electron chi connectivity index (χ4n) is 2.76. The van der Waals surface area contributed by atoms with Gasteiger partial charge in [-0.25, -0.2) is 15.0 Å². The van der Waals surface area contributed by atoms with E-state index in [4.69, 9.17) is 8.37 Å². The highest BCUT2D eigenvalue weighted by molar-refractivity contribution is 7.86. The number of nitrogens with zero attached hydrogens (tertiary/aromatic N) is 5. The predicted octanol–water partition coefficient (Wildman–Crippen LogP) is 0.980. The first kappa shape index (κ1) is 27.4. The molecule has 3 aromatic rings. The Morgan fingerprint density at radius 2 is 1.62 bits per heavy atom. The first-order chi connectivity index (χ1) is 15.6. The summed E-state index contributed by atoms with van der Waals surface area (Å²) >= 11 is 0. The molecule has 0 bridgehead atoms. The SMILES string of the molecule is CS(=O)(=O)OCCN(CCOS(C)(=O)=O)c1ccc(C=NNc2ncnc3nc[nH]c23)cc1.Cl. The van der Waals surface area contributed by atoms with E-state index in [1.165, 1.54) is 12.7 Å². The van der Waals surface area contributed by atoms with Gasteiger partial charge in [0.05, 0.1) is 38.3 Å². The summed E-state index contributed by atoms with van der Waals surface area (Å²) in [4.78, 5) is 16.9. The van der Waals surface area contributed by atoms with Crippen molar-refractivity contribution in [3.63, 3.8) is 0 Å². The standard InChI is InChI=1S/C18H23N7O6S2.ClH/c1-32(26,27)30-9-7-25(8-10-31-33(2,28)29)15-5-3-14(4-6-15)11-23-24-18-16-17(20-12-19-16)21-13-22-18;/h3-6,11-13H,7-10H2,1-2H3,(H2,19,20,21,22,24);1H.